The summed E-state index contributed by atoms with van der Waals surface area (Å²) < 4.78 is 33.7. The van der Waals surface area contributed by atoms with Crippen LogP contribution in [0.3, 0.4) is 0 Å². The van der Waals surface area contributed by atoms with Gasteiger partial charge in [0.15, 0.2) is 0 Å². The largest absolute Gasteiger partial charge is 0.487 e. The summed E-state index contributed by atoms with van der Waals surface area (Å²) >= 11 is 0. The highest BCUT2D eigenvalue weighted by molar-refractivity contribution is 7.89. The Kier molecular flexibility index (Phi) is 8.15. The van der Waals surface area contributed by atoms with Crippen LogP contribution in [0, 0.1) is 0 Å². The van der Waals surface area contributed by atoms with Crippen LogP contribution in [0.25, 0.3) is 0 Å². The molecule has 0 spiro atoms. The summed E-state index contributed by atoms with van der Waals surface area (Å²) in [6, 6.07) is 18.3. The molecule has 184 valence electrons. The molecule has 1 aliphatic rings. The molecule has 1 amide bonds. The van der Waals surface area contributed by atoms with Crippen molar-refractivity contribution in [1.82, 2.24) is 15.0 Å². The summed E-state index contributed by atoms with van der Waals surface area (Å²) in [6.07, 6.45) is 5.91. The highest BCUT2D eigenvalue weighted by Crippen LogP contribution is 2.24. The van der Waals surface area contributed by atoms with E-state index in [1.807, 2.05) is 55.5 Å². The molecule has 2 aromatic carbocycles. The van der Waals surface area contributed by atoms with Crippen LogP contribution in [0.2, 0.25) is 0 Å². The highest BCUT2D eigenvalue weighted by Gasteiger charge is 2.18. The van der Waals surface area contributed by atoms with Gasteiger partial charge in [0.05, 0.1) is 16.6 Å². The van der Waals surface area contributed by atoms with Crippen molar-refractivity contribution < 1.29 is 17.9 Å². The molecule has 0 aliphatic heterocycles. The lowest BCUT2D eigenvalue weighted by Gasteiger charge is -2.17. The normalized spacial score (nSPS) is 14.1. The van der Waals surface area contributed by atoms with Crippen molar-refractivity contribution >= 4 is 15.9 Å². The maximum atomic E-state index is 12.7. The average Bonchev–Trinajstić information content (AvgIpc) is 2.88. The van der Waals surface area contributed by atoms with E-state index in [9.17, 15) is 13.2 Å². The number of hydrogen-bond acceptors (Lipinski definition) is 5. The Morgan fingerprint density at radius 3 is 2.66 bits per heavy atom. The van der Waals surface area contributed by atoms with E-state index in [4.69, 9.17) is 4.74 Å². The first kappa shape index (κ1) is 24.9. The third-order valence-electron chi connectivity index (χ3n) is 6.12. The molecule has 2 N–H and O–H groups in total. The molecule has 1 heterocycles. The number of fused-ring (bicyclic) bond motifs is 1. The standard InChI is InChI=1S/C27H31N3O4S/c1-20(22-9-6-11-25(17-22)34-19-24-10-4-5-15-28-24)30-27(31)14-16-29-35(32,33)26-13-12-21-7-2-3-8-23(21)18-26/h4-6,9-13,15,17-18,20,29H,2-3,7-8,14,16,19H2,1H3,(H,30,31). The van der Waals surface area contributed by atoms with Crippen LogP contribution in [0.4, 0.5) is 0 Å². The number of carbonyl (C=O) groups excluding carboxylic acids is 1. The van der Waals surface area contributed by atoms with Crippen LogP contribution < -0.4 is 14.8 Å². The maximum absolute atomic E-state index is 12.7. The van der Waals surface area contributed by atoms with Gasteiger partial charge in [0.2, 0.25) is 15.9 Å². The van der Waals surface area contributed by atoms with Crippen molar-refractivity contribution in [1.29, 1.82) is 0 Å². The Balaban J connectivity index is 1.26. The Hall–Kier alpha value is -3.23. The van der Waals surface area contributed by atoms with Gasteiger partial charge in [0, 0.05) is 19.2 Å². The number of nitrogens with one attached hydrogen (secondary N) is 2. The van der Waals surface area contributed by atoms with E-state index in [2.05, 4.69) is 15.0 Å². The number of hydrogen-bond donors (Lipinski definition) is 2. The van der Waals surface area contributed by atoms with Gasteiger partial charge in [-0.3, -0.25) is 9.78 Å². The minimum Gasteiger partial charge on any atom is -0.487 e. The second-order valence-electron chi connectivity index (χ2n) is 8.76. The number of ether oxygens (including phenoxy) is 1. The molecular weight excluding hydrogens is 462 g/mol. The monoisotopic (exact) mass is 493 g/mol. The van der Waals surface area contributed by atoms with Crippen LogP contribution in [-0.4, -0.2) is 25.9 Å². The van der Waals surface area contributed by atoms with Gasteiger partial charge in [-0.25, -0.2) is 13.1 Å². The molecule has 0 saturated carbocycles. The molecule has 1 unspecified atom stereocenters. The lowest BCUT2D eigenvalue weighted by molar-refractivity contribution is -0.121. The first-order chi connectivity index (χ1) is 16.9. The number of sulfonamides is 1. The third kappa shape index (κ3) is 6.90. The van der Waals surface area contributed by atoms with Gasteiger partial charge < -0.3 is 10.1 Å². The smallest absolute Gasteiger partial charge is 0.240 e. The molecule has 0 saturated heterocycles. The number of rotatable bonds is 10. The van der Waals surface area contributed by atoms with E-state index < -0.39 is 10.0 Å². The fraction of sp³-hybridized carbons (Fsp3) is 0.333. The average molecular weight is 494 g/mol. The first-order valence-corrected chi connectivity index (χ1v) is 13.4. The van der Waals surface area contributed by atoms with Crippen molar-refractivity contribution in [2.24, 2.45) is 0 Å². The van der Waals surface area contributed by atoms with E-state index in [0.717, 1.165) is 42.5 Å². The molecule has 4 rings (SSSR count). The summed E-state index contributed by atoms with van der Waals surface area (Å²) in [7, 11) is -3.66. The Labute approximate surface area is 207 Å². The fourth-order valence-electron chi connectivity index (χ4n) is 4.17. The Morgan fingerprint density at radius 1 is 1.03 bits per heavy atom. The zero-order chi connectivity index (χ0) is 24.7. The van der Waals surface area contributed by atoms with Crippen LogP contribution in [0.5, 0.6) is 5.75 Å². The number of amides is 1. The second kappa shape index (κ2) is 11.5. The molecule has 0 radical (unpaired) electrons. The quantitative estimate of drug-likeness (QED) is 0.444. The Morgan fingerprint density at radius 2 is 1.86 bits per heavy atom. The number of nitrogens with zero attached hydrogens (tertiary/aromatic N) is 1. The molecule has 35 heavy (non-hydrogen) atoms. The molecule has 7 nitrogen and oxygen atoms in total. The van der Waals surface area contributed by atoms with Crippen LogP contribution in [0.15, 0.2) is 71.8 Å². The van der Waals surface area contributed by atoms with Crippen molar-refractivity contribution in [3.05, 3.63) is 89.2 Å². The van der Waals surface area contributed by atoms with Crippen LogP contribution >= 0.6 is 0 Å². The first-order valence-electron chi connectivity index (χ1n) is 11.9. The summed E-state index contributed by atoms with van der Waals surface area (Å²) in [5.41, 5.74) is 4.07. The van der Waals surface area contributed by atoms with Gasteiger partial charge in [0.1, 0.15) is 12.4 Å². The predicted molar refractivity (Wildman–Crippen MR) is 134 cm³/mol. The minimum atomic E-state index is -3.66. The number of carbonyl (C=O) groups is 1. The molecule has 1 atom stereocenters. The summed E-state index contributed by atoms with van der Waals surface area (Å²) in [4.78, 5) is 17.0. The minimum absolute atomic E-state index is 0.0329. The van der Waals surface area contributed by atoms with E-state index in [1.165, 1.54) is 5.56 Å². The Bertz CT molecular complexity index is 1260. The van der Waals surface area contributed by atoms with Crippen LogP contribution in [-0.2, 0) is 34.3 Å². The van der Waals surface area contributed by atoms with Gasteiger partial charge >= 0.3 is 0 Å². The van der Waals surface area contributed by atoms with Gasteiger partial charge in [0.25, 0.3) is 0 Å². The molecular formula is C27H31N3O4S. The van der Waals surface area contributed by atoms with Gasteiger partial charge in [-0.05, 0) is 85.7 Å². The topological polar surface area (TPSA) is 97.4 Å². The van der Waals surface area contributed by atoms with Crippen molar-refractivity contribution in [2.75, 3.05) is 6.54 Å². The highest BCUT2D eigenvalue weighted by atomic mass is 32.2. The maximum Gasteiger partial charge on any atom is 0.240 e. The molecule has 1 aromatic heterocycles. The van der Waals surface area contributed by atoms with E-state index in [1.54, 1.807) is 18.3 Å². The predicted octanol–water partition coefficient (Wildman–Crippen LogP) is 4.09. The van der Waals surface area contributed by atoms with E-state index in [-0.39, 0.29) is 29.8 Å². The van der Waals surface area contributed by atoms with Crippen molar-refractivity contribution in [2.45, 2.75) is 56.6 Å². The van der Waals surface area contributed by atoms with Crippen LogP contribution in [0.1, 0.15) is 54.6 Å². The number of pyridine rings is 1. The summed E-state index contributed by atoms with van der Waals surface area (Å²) in [5, 5.41) is 2.92. The third-order valence-corrected chi connectivity index (χ3v) is 7.58. The van der Waals surface area contributed by atoms with E-state index in [0.29, 0.717) is 12.4 Å². The molecule has 0 bridgehead atoms. The summed E-state index contributed by atoms with van der Waals surface area (Å²) in [5.74, 6) is 0.456. The lowest BCUT2D eigenvalue weighted by Crippen LogP contribution is -2.32. The molecule has 3 aromatic rings. The number of aromatic nitrogens is 1. The zero-order valence-corrected chi connectivity index (χ0v) is 20.7. The SMILES string of the molecule is CC(NC(=O)CCNS(=O)(=O)c1ccc2c(c1)CCCC2)c1cccc(OCc2ccccn2)c1. The van der Waals surface area contributed by atoms with Gasteiger partial charge in [-0.1, -0.05) is 24.3 Å². The number of benzene rings is 2. The van der Waals surface area contributed by atoms with E-state index >= 15 is 0 Å². The molecule has 1 aliphatic carbocycles. The van der Waals surface area contributed by atoms with Crippen molar-refractivity contribution in [3.63, 3.8) is 0 Å². The van der Waals surface area contributed by atoms with Crippen molar-refractivity contribution in [3.8, 4) is 5.75 Å². The second-order valence-corrected chi connectivity index (χ2v) is 10.5. The lowest BCUT2D eigenvalue weighted by atomic mass is 9.92. The summed E-state index contributed by atoms with van der Waals surface area (Å²) in [6.45, 7) is 2.27. The van der Waals surface area contributed by atoms with Gasteiger partial charge in [-0.15, -0.1) is 0 Å². The van der Waals surface area contributed by atoms with Gasteiger partial charge in [-0.2, -0.15) is 0 Å². The fourth-order valence-corrected chi connectivity index (χ4v) is 5.25. The number of aryl methyl sites for hydroxylation is 2. The zero-order valence-electron chi connectivity index (χ0n) is 19.9. The molecule has 8 heteroatoms. The molecule has 0 fully saturated rings.